The van der Waals surface area contributed by atoms with E-state index in [1.807, 2.05) is 10.6 Å². The smallest absolute Gasteiger partial charge is 0.313 e. The molecule has 2 rings (SSSR count). The first-order chi connectivity index (χ1) is 9.70. The van der Waals surface area contributed by atoms with E-state index in [2.05, 4.69) is 53.6 Å². The SMILES string of the molecule is CC(n1c(SCC(=O)O)nc2cc(Br)cnc21)C(C)(C)C. The molecule has 1 atom stereocenters. The number of hydrogen-bond acceptors (Lipinski definition) is 4. The summed E-state index contributed by atoms with van der Waals surface area (Å²) in [5.74, 6) is -0.863. The summed E-state index contributed by atoms with van der Waals surface area (Å²) in [6.07, 6.45) is 1.74. The van der Waals surface area contributed by atoms with Gasteiger partial charge in [0.25, 0.3) is 0 Å². The van der Waals surface area contributed by atoms with Gasteiger partial charge in [-0.1, -0.05) is 32.5 Å². The number of imidazole rings is 1. The first-order valence-corrected chi connectivity index (χ1v) is 8.36. The minimum atomic E-state index is -0.851. The van der Waals surface area contributed by atoms with Crippen molar-refractivity contribution in [2.24, 2.45) is 5.41 Å². The Kier molecular flexibility index (Phi) is 4.63. The van der Waals surface area contributed by atoms with Crippen molar-refractivity contribution in [3.05, 3.63) is 16.7 Å². The Hall–Kier alpha value is -1.08. The van der Waals surface area contributed by atoms with Crippen LogP contribution in [0.4, 0.5) is 0 Å². The molecule has 0 saturated carbocycles. The van der Waals surface area contributed by atoms with Crippen LogP contribution >= 0.6 is 27.7 Å². The fourth-order valence-electron chi connectivity index (χ4n) is 1.90. The van der Waals surface area contributed by atoms with E-state index >= 15 is 0 Å². The largest absolute Gasteiger partial charge is 0.481 e. The van der Waals surface area contributed by atoms with Crippen LogP contribution < -0.4 is 0 Å². The summed E-state index contributed by atoms with van der Waals surface area (Å²) in [6.45, 7) is 8.55. The number of aliphatic carboxylic acids is 1. The number of carboxylic acids is 1. The monoisotopic (exact) mass is 371 g/mol. The highest BCUT2D eigenvalue weighted by molar-refractivity contribution is 9.10. The van der Waals surface area contributed by atoms with Gasteiger partial charge in [0.05, 0.1) is 5.75 Å². The lowest BCUT2D eigenvalue weighted by Crippen LogP contribution is -2.22. The van der Waals surface area contributed by atoms with E-state index in [4.69, 9.17) is 5.11 Å². The molecule has 5 nitrogen and oxygen atoms in total. The maximum atomic E-state index is 10.8. The number of hydrogen-bond donors (Lipinski definition) is 1. The van der Waals surface area contributed by atoms with Gasteiger partial charge >= 0.3 is 5.97 Å². The van der Waals surface area contributed by atoms with Gasteiger partial charge in [0.15, 0.2) is 10.8 Å². The Labute approximate surface area is 136 Å². The van der Waals surface area contributed by atoms with Crippen molar-refractivity contribution in [1.29, 1.82) is 0 Å². The van der Waals surface area contributed by atoms with Crippen LogP contribution in [0.1, 0.15) is 33.7 Å². The highest BCUT2D eigenvalue weighted by Crippen LogP contribution is 2.36. The summed E-state index contributed by atoms with van der Waals surface area (Å²) < 4.78 is 2.90. The van der Waals surface area contributed by atoms with E-state index in [0.29, 0.717) is 5.16 Å². The Morgan fingerprint density at radius 3 is 2.76 bits per heavy atom. The molecule has 2 aromatic rings. The molecule has 0 aliphatic heterocycles. The number of carboxylic acid groups (broad SMARTS) is 1. The van der Waals surface area contributed by atoms with Gasteiger partial charge in [0.2, 0.25) is 0 Å². The second-order valence-electron chi connectivity index (χ2n) is 5.99. The number of halogens is 1. The van der Waals surface area contributed by atoms with Crippen LogP contribution in [0.2, 0.25) is 0 Å². The first-order valence-electron chi connectivity index (χ1n) is 6.58. The fourth-order valence-corrected chi connectivity index (χ4v) is 3.02. The summed E-state index contributed by atoms with van der Waals surface area (Å²) in [5, 5.41) is 9.60. The molecule has 0 spiro atoms. The number of nitrogens with zero attached hydrogens (tertiary/aromatic N) is 3. The van der Waals surface area contributed by atoms with Crippen LogP contribution in [0, 0.1) is 5.41 Å². The number of pyridine rings is 1. The zero-order valence-electron chi connectivity index (χ0n) is 12.4. The van der Waals surface area contributed by atoms with Crippen molar-refractivity contribution < 1.29 is 9.90 Å². The average Bonchev–Trinajstić information content (AvgIpc) is 2.71. The van der Waals surface area contributed by atoms with Crippen LogP contribution in [-0.4, -0.2) is 31.4 Å². The topological polar surface area (TPSA) is 68.0 Å². The number of rotatable bonds is 4. The predicted molar refractivity (Wildman–Crippen MR) is 87.8 cm³/mol. The minimum Gasteiger partial charge on any atom is -0.481 e. The lowest BCUT2D eigenvalue weighted by atomic mass is 9.88. The van der Waals surface area contributed by atoms with Gasteiger partial charge in [-0.05, 0) is 34.3 Å². The van der Waals surface area contributed by atoms with Gasteiger partial charge < -0.3 is 9.67 Å². The zero-order valence-corrected chi connectivity index (χ0v) is 14.8. The van der Waals surface area contributed by atoms with Crippen LogP contribution in [0.5, 0.6) is 0 Å². The first kappa shape index (κ1) is 16.3. The van der Waals surface area contributed by atoms with E-state index in [0.717, 1.165) is 15.6 Å². The van der Waals surface area contributed by atoms with Crippen LogP contribution in [-0.2, 0) is 4.79 Å². The van der Waals surface area contributed by atoms with Crippen LogP contribution in [0.15, 0.2) is 21.9 Å². The molecule has 0 aliphatic rings. The molecule has 2 heterocycles. The molecule has 0 saturated heterocycles. The second-order valence-corrected chi connectivity index (χ2v) is 7.84. The third-order valence-electron chi connectivity index (χ3n) is 3.43. The Bertz CT molecular complexity index is 679. The van der Waals surface area contributed by atoms with Crippen LogP contribution in [0.3, 0.4) is 0 Å². The normalized spacial score (nSPS) is 13.6. The van der Waals surface area contributed by atoms with Gasteiger partial charge in [-0.15, -0.1) is 0 Å². The third kappa shape index (κ3) is 3.58. The van der Waals surface area contributed by atoms with Crippen molar-refractivity contribution in [1.82, 2.24) is 14.5 Å². The zero-order chi connectivity index (χ0) is 15.8. The van der Waals surface area contributed by atoms with E-state index in [1.165, 1.54) is 11.8 Å². The number of aromatic nitrogens is 3. The third-order valence-corrected chi connectivity index (χ3v) is 4.80. The van der Waals surface area contributed by atoms with Crippen LogP contribution in [0.25, 0.3) is 11.2 Å². The average molecular weight is 372 g/mol. The quantitative estimate of drug-likeness (QED) is 0.823. The van der Waals surface area contributed by atoms with E-state index in [-0.39, 0.29) is 17.2 Å². The fraction of sp³-hybridized carbons (Fsp3) is 0.500. The molecule has 7 heteroatoms. The summed E-state index contributed by atoms with van der Waals surface area (Å²) in [4.78, 5) is 19.8. The second kappa shape index (κ2) is 5.96. The molecular weight excluding hydrogens is 354 g/mol. The highest BCUT2D eigenvalue weighted by Gasteiger charge is 2.27. The minimum absolute atomic E-state index is 0.0125. The molecule has 0 amide bonds. The molecule has 0 radical (unpaired) electrons. The Morgan fingerprint density at radius 1 is 1.52 bits per heavy atom. The van der Waals surface area contributed by atoms with Crippen molar-refractivity contribution in [2.45, 2.75) is 38.9 Å². The molecule has 114 valence electrons. The van der Waals surface area contributed by atoms with Crippen molar-refractivity contribution in [3.8, 4) is 0 Å². The molecule has 0 bridgehead atoms. The van der Waals surface area contributed by atoms with Crippen molar-refractivity contribution >= 4 is 44.8 Å². The lowest BCUT2D eigenvalue weighted by molar-refractivity contribution is -0.133. The predicted octanol–water partition coefficient (Wildman–Crippen LogP) is 3.98. The maximum absolute atomic E-state index is 10.8. The molecular formula is C14H18BrN3O2S. The molecule has 0 fully saturated rings. The van der Waals surface area contributed by atoms with Gasteiger partial charge in [-0.25, -0.2) is 9.97 Å². The van der Waals surface area contributed by atoms with Gasteiger partial charge in [-0.2, -0.15) is 0 Å². The molecule has 1 N–H and O–H groups in total. The Balaban J connectivity index is 2.57. The van der Waals surface area contributed by atoms with Gasteiger partial charge in [-0.3, -0.25) is 4.79 Å². The highest BCUT2D eigenvalue weighted by atomic mass is 79.9. The molecule has 0 aliphatic carbocycles. The van der Waals surface area contributed by atoms with Crippen molar-refractivity contribution in [2.75, 3.05) is 5.75 Å². The van der Waals surface area contributed by atoms with Gasteiger partial charge in [0.1, 0.15) is 5.52 Å². The summed E-state index contributed by atoms with van der Waals surface area (Å²) >= 11 is 4.62. The Morgan fingerprint density at radius 2 is 2.19 bits per heavy atom. The lowest BCUT2D eigenvalue weighted by Gasteiger charge is -2.29. The van der Waals surface area contributed by atoms with Gasteiger partial charge in [0, 0.05) is 16.7 Å². The molecule has 1 unspecified atom stereocenters. The molecule has 0 aromatic carbocycles. The standard InChI is InChI=1S/C14H18BrN3O2S/c1-8(14(2,3)4)18-12-10(5-9(15)6-16-12)17-13(18)21-7-11(19)20/h5-6,8H,7H2,1-4H3,(H,19,20). The summed E-state index contributed by atoms with van der Waals surface area (Å²) in [7, 11) is 0. The van der Waals surface area contributed by atoms with E-state index in [9.17, 15) is 4.79 Å². The summed E-state index contributed by atoms with van der Waals surface area (Å²) in [6, 6.07) is 2.05. The number of carbonyl (C=O) groups is 1. The molecule has 2 aromatic heterocycles. The molecule has 21 heavy (non-hydrogen) atoms. The van der Waals surface area contributed by atoms with Crippen molar-refractivity contribution in [3.63, 3.8) is 0 Å². The number of thioether (sulfide) groups is 1. The summed E-state index contributed by atoms with van der Waals surface area (Å²) in [5.41, 5.74) is 1.57. The van der Waals surface area contributed by atoms with E-state index in [1.54, 1.807) is 6.20 Å². The number of fused-ring (bicyclic) bond motifs is 1. The maximum Gasteiger partial charge on any atom is 0.313 e. The van der Waals surface area contributed by atoms with E-state index < -0.39 is 5.97 Å².